The zero-order valence-corrected chi connectivity index (χ0v) is 14.4. The van der Waals surface area contributed by atoms with Gasteiger partial charge in [-0.05, 0) is 31.0 Å². The molecule has 0 spiro atoms. The molecule has 0 atom stereocenters. The standard InChI is InChI=1S/C19H19ClF2N2O/c20-16-5-3-7-18(22)15(16)11-24(14-8-9-14)12-19(25)23-10-13-4-1-2-6-17(13)21/h1-7,14H,8-12H2,(H,23,25). The average molecular weight is 365 g/mol. The molecule has 0 unspecified atom stereocenters. The van der Waals surface area contributed by atoms with Crippen LogP contribution in [0, 0.1) is 11.6 Å². The van der Waals surface area contributed by atoms with E-state index in [0.29, 0.717) is 16.1 Å². The van der Waals surface area contributed by atoms with Gasteiger partial charge in [-0.2, -0.15) is 0 Å². The van der Waals surface area contributed by atoms with E-state index < -0.39 is 0 Å². The Bertz CT molecular complexity index is 745. The predicted octanol–water partition coefficient (Wildman–Crippen LogP) is 3.90. The summed E-state index contributed by atoms with van der Waals surface area (Å²) >= 11 is 6.08. The first-order valence-corrected chi connectivity index (χ1v) is 8.59. The molecule has 0 radical (unpaired) electrons. The van der Waals surface area contributed by atoms with Gasteiger partial charge in [0.25, 0.3) is 0 Å². The van der Waals surface area contributed by atoms with Gasteiger partial charge in [0.15, 0.2) is 0 Å². The van der Waals surface area contributed by atoms with E-state index in [1.54, 1.807) is 30.3 Å². The van der Waals surface area contributed by atoms with Crippen molar-refractivity contribution in [1.82, 2.24) is 10.2 Å². The van der Waals surface area contributed by atoms with Crippen molar-refractivity contribution in [3.05, 3.63) is 70.2 Å². The van der Waals surface area contributed by atoms with Gasteiger partial charge >= 0.3 is 0 Å². The molecule has 6 heteroatoms. The van der Waals surface area contributed by atoms with E-state index in [0.717, 1.165) is 12.8 Å². The highest BCUT2D eigenvalue weighted by atomic mass is 35.5. The van der Waals surface area contributed by atoms with E-state index in [1.165, 1.54) is 12.1 Å². The maximum absolute atomic E-state index is 14.0. The minimum absolute atomic E-state index is 0.129. The summed E-state index contributed by atoms with van der Waals surface area (Å²) in [5.41, 5.74) is 0.837. The maximum Gasteiger partial charge on any atom is 0.234 e. The number of hydrogen-bond donors (Lipinski definition) is 1. The van der Waals surface area contributed by atoms with Crippen LogP contribution in [0.4, 0.5) is 8.78 Å². The first-order chi connectivity index (χ1) is 12.0. The van der Waals surface area contributed by atoms with Crippen LogP contribution in [0.2, 0.25) is 5.02 Å². The number of carbonyl (C=O) groups excluding carboxylic acids is 1. The second-order valence-corrected chi connectivity index (χ2v) is 6.61. The van der Waals surface area contributed by atoms with E-state index in [-0.39, 0.29) is 43.2 Å². The van der Waals surface area contributed by atoms with E-state index >= 15 is 0 Å². The van der Waals surface area contributed by atoms with E-state index in [9.17, 15) is 13.6 Å². The molecule has 3 rings (SSSR count). The monoisotopic (exact) mass is 364 g/mol. The fourth-order valence-corrected chi connectivity index (χ4v) is 2.94. The van der Waals surface area contributed by atoms with Gasteiger partial charge in [0, 0.05) is 35.3 Å². The molecule has 0 heterocycles. The number of hydrogen-bond acceptors (Lipinski definition) is 2. The summed E-state index contributed by atoms with van der Waals surface area (Å²) in [4.78, 5) is 14.1. The molecule has 1 fully saturated rings. The molecule has 25 heavy (non-hydrogen) atoms. The van der Waals surface area contributed by atoms with Gasteiger partial charge in [-0.1, -0.05) is 35.9 Å². The fourth-order valence-electron chi connectivity index (χ4n) is 2.72. The molecule has 0 aromatic heterocycles. The van der Waals surface area contributed by atoms with Gasteiger partial charge in [-0.25, -0.2) is 8.78 Å². The third-order valence-electron chi connectivity index (χ3n) is 4.27. The van der Waals surface area contributed by atoms with E-state index in [1.807, 2.05) is 4.90 Å². The van der Waals surface area contributed by atoms with Crippen LogP contribution in [0.15, 0.2) is 42.5 Å². The molecule has 1 aliphatic carbocycles. The quantitative estimate of drug-likeness (QED) is 0.808. The Morgan fingerprint density at radius 1 is 1.12 bits per heavy atom. The molecule has 1 saturated carbocycles. The van der Waals surface area contributed by atoms with Crippen LogP contribution < -0.4 is 5.32 Å². The lowest BCUT2D eigenvalue weighted by atomic mass is 10.2. The topological polar surface area (TPSA) is 32.3 Å². The van der Waals surface area contributed by atoms with E-state index in [2.05, 4.69) is 5.32 Å². The van der Waals surface area contributed by atoms with Gasteiger partial charge in [0.05, 0.1) is 6.54 Å². The first kappa shape index (κ1) is 17.8. The van der Waals surface area contributed by atoms with Crippen molar-refractivity contribution in [2.45, 2.75) is 32.0 Å². The molecular formula is C19H19ClF2N2O. The highest BCUT2D eigenvalue weighted by Crippen LogP contribution is 2.30. The molecular weight excluding hydrogens is 346 g/mol. The lowest BCUT2D eigenvalue weighted by Gasteiger charge is -2.22. The van der Waals surface area contributed by atoms with Crippen molar-refractivity contribution < 1.29 is 13.6 Å². The second-order valence-electron chi connectivity index (χ2n) is 6.20. The Morgan fingerprint density at radius 3 is 2.52 bits per heavy atom. The second kappa shape index (κ2) is 7.93. The Balaban J connectivity index is 1.60. The number of halogens is 3. The number of amides is 1. The average Bonchev–Trinajstić information content (AvgIpc) is 3.41. The Hall–Kier alpha value is -1.98. The van der Waals surface area contributed by atoms with Crippen molar-refractivity contribution >= 4 is 17.5 Å². The largest absolute Gasteiger partial charge is 0.351 e. The van der Waals surface area contributed by atoms with Gasteiger partial charge < -0.3 is 5.32 Å². The maximum atomic E-state index is 14.0. The molecule has 2 aromatic rings. The molecule has 1 aliphatic rings. The zero-order chi connectivity index (χ0) is 17.8. The molecule has 3 nitrogen and oxygen atoms in total. The van der Waals surface area contributed by atoms with Crippen molar-refractivity contribution in [3.8, 4) is 0 Å². The zero-order valence-electron chi connectivity index (χ0n) is 13.6. The lowest BCUT2D eigenvalue weighted by molar-refractivity contribution is -0.122. The van der Waals surface area contributed by atoms with Crippen LogP contribution in [0.5, 0.6) is 0 Å². The summed E-state index contributed by atoms with van der Waals surface area (Å²) < 4.78 is 27.6. The van der Waals surface area contributed by atoms with Gasteiger partial charge in [0.1, 0.15) is 11.6 Å². The van der Waals surface area contributed by atoms with Crippen LogP contribution in [0.1, 0.15) is 24.0 Å². The highest BCUT2D eigenvalue weighted by Gasteiger charge is 2.31. The summed E-state index contributed by atoms with van der Waals surface area (Å²) in [6, 6.07) is 11.1. The lowest BCUT2D eigenvalue weighted by Crippen LogP contribution is -2.38. The molecule has 2 aromatic carbocycles. The van der Waals surface area contributed by atoms with Gasteiger partial charge in [-0.3, -0.25) is 9.69 Å². The van der Waals surface area contributed by atoms with Crippen molar-refractivity contribution in [3.63, 3.8) is 0 Å². The minimum Gasteiger partial charge on any atom is -0.351 e. The summed E-state index contributed by atoms with van der Waals surface area (Å²) in [5, 5.41) is 3.08. The van der Waals surface area contributed by atoms with Crippen LogP contribution in [0.3, 0.4) is 0 Å². The van der Waals surface area contributed by atoms with Crippen molar-refractivity contribution in [2.24, 2.45) is 0 Å². The normalized spacial score (nSPS) is 13.9. The molecule has 132 valence electrons. The summed E-state index contributed by atoms with van der Waals surface area (Å²) in [6.45, 7) is 0.539. The number of nitrogens with zero attached hydrogens (tertiary/aromatic N) is 1. The summed E-state index contributed by atoms with van der Waals surface area (Å²) in [7, 11) is 0. The molecule has 0 bridgehead atoms. The van der Waals surface area contributed by atoms with Gasteiger partial charge in [0.2, 0.25) is 5.91 Å². The Labute approximate surface area is 150 Å². The van der Waals surface area contributed by atoms with Crippen LogP contribution in [0.25, 0.3) is 0 Å². The van der Waals surface area contributed by atoms with Crippen LogP contribution >= 0.6 is 11.6 Å². The summed E-state index contributed by atoms with van der Waals surface area (Å²) in [5.74, 6) is -0.937. The van der Waals surface area contributed by atoms with Gasteiger partial charge in [-0.15, -0.1) is 0 Å². The number of nitrogens with one attached hydrogen (secondary N) is 1. The fraction of sp³-hybridized carbons (Fsp3) is 0.316. The molecule has 1 N–H and O–H groups in total. The number of rotatable bonds is 7. The third-order valence-corrected chi connectivity index (χ3v) is 4.62. The molecule has 0 saturated heterocycles. The smallest absolute Gasteiger partial charge is 0.234 e. The molecule has 0 aliphatic heterocycles. The number of benzene rings is 2. The Kier molecular flexibility index (Phi) is 5.66. The third kappa shape index (κ3) is 4.77. The van der Waals surface area contributed by atoms with Crippen molar-refractivity contribution in [1.29, 1.82) is 0 Å². The summed E-state index contributed by atoms with van der Waals surface area (Å²) in [6.07, 6.45) is 1.96. The van der Waals surface area contributed by atoms with Crippen molar-refractivity contribution in [2.75, 3.05) is 6.54 Å². The van der Waals surface area contributed by atoms with Crippen LogP contribution in [-0.4, -0.2) is 23.4 Å². The predicted molar refractivity (Wildman–Crippen MR) is 93.1 cm³/mol. The molecule has 1 amide bonds. The highest BCUT2D eigenvalue weighted by molar-refractivity contribution is 6.31. The van der Waals surface area contributed by atoms with Crippen LogP contribution in [-0.2, 0) is 17.9 Å². The number of carbonyl (C=O) groups is 1. The minimum atomic E-state index is -0.370. The Morgan fingerprint density at radius 2 is 1.84 bits per heavy atom. The van der Waals surface area contributed by atoms with E-state index in [4.69, 9.17) is 11.6 Å². The SMILES string of the molecule is O=C(CN(Cc1c(F)cccc1Cl)C1CC1)NCc1ccccc1F. The first-order valence-electron chi connectivity index (χ1n) is 8.21.